The van der Waals surface area contributed by atoms with Gasteiger partial charge in [-0.15, -0.1) is 0 Å². The van der Waals surface area contributed by atoms with Crippen LogP contribution in [0.2, 0.25) is 0 Å². The first-order chi connectivity index (χ1) is 22.3. The monoisotopic (exact) mass is 703 g/mol. The number of hydrogen-bond donors (Lipinski definition) is 2. The normalized spacial score (nSPS) is 11.9. The molecule has 0 heterocycles. The molecule has 2 N–H and O–H groups in total. The maximum atomic E-state index is 11.4. The van der Waals surface area contributed by atoms with E-state index < -0.39 is 16.5 Å². The first kappa shape index (κ1) is 51.6. The molecule has 0 bridgehead atoms. The molecule has 47 heavy (non-hydrogen) atoms. The summed E-state index contributed by atoms with van der Waals surface area (Å²) in [6.45, 7) is 4.05. The van der Waals surface area contributed by atoms with Crippen molar-refractivity contribution in [2.45, 2.75) is 213 Å². The fourth-order valence-electron chi connectivity index (χ4n) is 5.41. The molecule has 1 atom stereocenters. The van der Waals surface area contributed by atoms with Crippen molar-refractivity contribution in [2.75, 3.05) is 19.8 Å². The fraction of sp³-hybridized carbons (Fsp3) is 0.973. The Balaban J connectivity index is -0.000000919. The summed E-state index contributed by atoms with van der Waals surface area (Å²) < 4.78 is 39.3. The molecule has 0 fully saturated rings. The van der Waals surface area contributed by atoms with Gasteiger partial charge in [-0.2, -0.15) is 0 Å². The average molecular weight is 703 g/mol. The number of hydrogen-bond acceptors (Lipinski definition) is 8. The van der Waals surface area contributed by atoms with E-state index in [0.29, 0.717) is 12.8 Å². The molecule has 0 aromatic carbocycles. The van der Waals surface area contributed by atoms with E-state index in [1.54, 1.807) is 0 Å². The van der Waals surface area contributed by atoms with Crippen molar-refractivity contribution in [3.63, 3.8) is 0 Å². The number of ether oxygens (including phenoxy) is 1. The Bertz CT molecular complexity index is 708. The molecule has 0 aliphatic carbocycles. The molecular formula is C37H75NaO8S. The van der Waals surface area contributed by atoms with Crippen molar-refractivity contribution in [2.24, 2.45) is 0 Å². The van der Waals surface area contributed by atoms with Gasteiger partial charge in [0.15, 0.2) is 0 Å². The summed E-state index contributed by atoms with van der Waals surface area (Å²) >= 11 is 0. The predicted molar refractivity (Wildman–Crippen MR) is 190 cm³/mol. The van der Waals surface area contributed by atoms with Gasteiger partial charge >= 0.3 is 35.5 Å². The average Bonchev–Trinajstić information content (AvgIpc) is 3.03. The van der Waals surface area contributed by atoms with Crippen LogP contribution in [0.15, 0.2) is 0 Å². The maximum Gasteiger partial charge on any atom is 1.00 e. The second-order valence-corrected chi connectivity index (χ2v) is 14.1. The maximum absolute atomic E-state index is 11.4. The molecule has 0 aromatic rings. The minimum Gasteiger partial charge on any atom is -0.726 e. The number of rotatable bonds is 35. The Morgan fingerprint density at radius 3 is 1.17 bits per heavy atom. The molecule has 0 saturated heterocycles. The van der Waals surface area contributed by atoms with Crippen LogP contribution >= 0.6 is 0 Å². The number of carbonyl (C=O) groups is 1. The summed E-state index contributed by atoms with van der Waals surface area (Å²) in [5.41, 5.74) is 0. The molecule has 0 amide bonds. The molecule has 0 spiro atoms. The van der Waals surface area contributed by atoms with E-state index in [2.05, 4.69) is 18.0 Å². The van der Waals surface area contributed by atoms with Gasteiger partial charge in [-0.05, 0) is 12.8 Å². The van der Waals surface area contributed by atoms with Crippen molar-refractivity contribution in [1.29, 1.82) is 0 Å². The van der Waals surface area contributed by atoms with E-state index >= 15 is 0 Å². The van der Waals surface area contributed by atoms with Gasteiger partial charge in [0.1, 0.15) is 12.7 Å². The number of carbonyl (C=O) groups excluding carboxylic acids is 1. The van der Waals surface area contributed by atoms with E-state index in [0.717, 1.165) is 25.7 Å². The second kappa shape index (κ2) is 42.4. The zero-order valence-electron chi connectivity index (χ0n) is 31.2. The zero-order valence-corrected chi connectivity index (χ0v) is 34.0. The summed E-state index contributed by atoms with van der Waals surface area (Å²) in [5, 5.41) is 17.8. The number of unbranched alkanes of at least 4 members (excludes halogenated alkanes) is 27. The van der Waals surface area contributed by atoms with Crippen LogP contribution in [0.25, 0.3) is 0 Å². The van der Waals surface area contributed by atoms with E-state index in [4.69, 9.17) is 14.9 Å². The Kier molecular flexibility index (Phi) is 46.6. The molecule has 0 aromatic heterocycles. The van der Waals surface area contributed by atoms with E-state index in [1.807, 2.05) is 0 Å². The van der Waals surface area contributed by atoms with Crippen molar-refractivity contribution >= 4 is 16.4 Å². The third-order valence-electron chi connectivity index (χ3n) is 8.36. The number of aliphatic hydroxyl groups excluding tert-OH is 2. The van der Waals surface area contributed by atoms with Gasteiger partial charge < -0.3 is 19.5 Å². The Hall–Kier alpha value is 0.260. The fourth-order valence-corrected chi connectivity index (χ4v) is 5.73. The molecule has 1 unspecified atom stereocenters. The third-order valence-corrected chi connectivity index (χ3v) is 8.81. The second-order valence-electron chi connectivity index (χ2n) is 13.0. The van der Waals surface area contributed by atoms with Crippen LogP contribution < -0.4 is 29.6 Å². The standard InChI is InChI=1S/C25H50O4.C12H26O4S.Na/c1-2-3-4-5-6-7-8-9-10-11-12-13-14-15-16-17-18-19-20-21-25(28)29-23-24(27)22-26;1-2-3-4-5-6-7-8-9-10-11-12-16-17(13,14)15;/h24,26-27H,2-23H2,1H3;2-12H2,1H3,(H,13,14,15);/q;;+1/p-1. The van der Waals surface area contributed by atoms with Gasteiger partial charge in [-0.25, -0.2) is 8.42 Å². The smallest absolute Gasteiger partial charge is 0.726 e. The van der Waals surface area contributed by atoms with Crippen LogP contribution in [0.4, 0.5) is 0 Å². The van der Waals surface area contributed by atoms with Crippen molar-refractivity contribution < 1.29 is 66.5 Å². The molecule has 0 saturated carbocycles. The molecule has 8 nitrogen and oxygen atoms in total. The van der Waals surface area contributed by atoms with E-state index in [9.17, 15) is 17.8 Å². The first-order valence-electron chi connectivity index (χ1n) is 19.3. The molecular weight excluding hydrogens is 627 g/mol. The Morgan fingerprint density at radius 1 is 0.574 bits per heavy atom. The van der Waals surface area contributed by atoms with Crippen molar-refractivity contribution in [3.8, 4) is 0 Å². The van der Waals surface area contributed by atoms with Crippen LogP contribution in [0.1, 0.15) is 206 Å². The van der Waals surface area contributed by atoms with Crippen molar-refractivity contribution in [1.82, 2.24) is 0 Å². The minimum atomic E-state index is -4.48. The van der Waals surface area contributed by atoms with Crippen molar-refractivity contribution in [3.05, 3.63) is 0 Å². The van der Waals surface area contributed by atoms with Gasteiger partial charge in [-0.3, -0.25) is 8.98 Å². The molecule has 0 aliphatic rings. The summed E-state index contributed by atoms with van der Waals surface area (Å²) in [5.74, 6) is -0.274. The summed E-state index contributed by atoms with van der Waals surface area (Å²) in [4.78, 5) is 11.4. The third kappa shape index (κ3) is 50.7. The summed E-state index contributed by atoms with van der Waals surface area (Å²) in [6, 6.07) is 0. The largest absolute Gasteiger partial charge is 1.00 e. The Labute approximate surface area is 313 Å². The van der Waals surface area contributed by atoms with Gasteiger partial charge in [0.25, 0.3) is 0 Å². The van der Waals surface area contributed by atoms with E-state index in [1.165, 1.54) is 154 Å². The van der Waals surface area contributed by atoms with Crippen LogP contribution in [0, 0.1) is 0 Å². The molecule has 278 valence electrons. The van der Waals surface area contributed by atoms with Crippen LogP contribution in [0.3, 0.4) is 0 Å². The summed E-state index contributed by atoms with van der Waals surface area (Å²) in [7, 11) is -4.48. The van der Waals surface area contributed by atoms with Crippen LogP contribution in [0.5, 0.6) is 0 Å². The Morgan fingerprint density at radius 2 is 0.872 bits per heavy atom. The number of esters is 1. The molecule has 0 aliphatic heterocycles. The van der Waals surface area contributed by atoms with Gasteiger partial charge in [0.05, 0.1) is 13.2 Å². The van der Waals surface area contributed by atoms with Gasteiger partial charge in [0, 0.05) is 6.42 Å². The molecule has 10 heteroatoms. The summed E-state index contributed by atoms with van der Waals surface area (Å²) in [6.07, 6.45) is 36.6. The van der Waals surface area contributed by atoms with E-state index in [-0.39, 0.29) is 55.3 Å². The first-order valence-corrected chi connectivity index (χ1v) is 20.6. The topological polar surface area (TPSA) is 133 Å². The minimum absolute atomic E-state index is 0. The molecule has 0 radical (unpaired) electrons. The SMILES string of the molecule is CCCCCCCCCCCCCCCCCCCCCC(=O)OCC(O)CO.CCCCCCCCCCCCOS(=O)(=O)[O-].[Na+]. The zero-order chi connectivity index (χ0) is 34.4. The molecule has 0 rings (SSSR count). The van der Waals surface area contributed by atoms with Crippen LogP contribution in [-0.4, -0.2) is 55.1 Å². The van der Waals surface area contributed by atoms with Gasteiger partial charge in [0.2, 0.25) is 10.4 Å². The quantitative estimate of drug-likeness (QED) is 0.0235. The van der Waals surface area contributed by atoms with Gasteiger partial charge in [-0.1, -0.05) is 187 Å². The number of aliphatic hydroxyl groups is 2. The van der Waals surface area contributed by atoms with Crippen LogP contribution in [-0.2, 0) is 24.1 Å². The predicted octanol–water partition coefficient (Wildman–Crippen LogP) is 7.09.